The van der Waals surface area contributed by atoms with Crippen LogP contribution in [0.4, 0.5) is 0 Å². The van der Waals surface area contributed by atoms with Crippen molar-refractivity contribution in [1.82, 2.24) is 14.7 Å². The molecular weight excluding hydrogens is 306 g/mol. The number of hydrogen-bond acceptors (Lipinski definition) is 3. The van der Waals surface area contributed by atoms with Crippen LogP contribution in [0, 0.1) is 0 Å². The van der Waals surface area contributed by atoms with Gasteiger partial charge in [0.15, 0.2) is 0 Å². The van der Waals surface area contributed by atoms with Gasteiger partial charge in [0.1, 0.15) is 0 Å². The molecule has 0 amide bonds. The summed E-state index contributed by atoms with van der Waals surface area (Å²) in [4.78, 5) is 2.47. The van der Waals surface area contributed by atoms with Crippen molar-refractivity contribution in [3.05, 3.63) is 18.0 Å². The highest BCUT2D eigenvalue weighted by molar-refractivity contribution is 9.09. The molecule has 1 aromatic heterocycles. The van der Waals surface area contributed by atoms with E-state index in [1.54, 1.807) is 0 Å². The predicted molar refractivity (Wildman–Crippen MR) is 78.5 cm³/mol. The Labute approximate surface area is 123 Å². The lowest BCUT2D eigenvalue weighted by Crippen LogP contribution is -2.45. The van der Waals surface area contributed by atoms with E-state index in [4.69, 9.17) is 9.84 Å². The summed E-state index contributed by atoms with van der Waals surface area (Å²) in [5.41, 5.74) is 1.19. The Balaban J connectivity index is 1.62. The van der Waals surface area contributed by atoms with Crippen molar-refractivity contribution < 1.29 is 4.74 Å². The molecule has 1 saturated heterocycles. The lowest BCUT2D eigenvalue weighted by molar-refractivity contribution is -0.00276. The molecule has 4 nitrogen and oxygen atoms in total. The molecule has 2 aliphatic rings. The third kappa shape index (κ3) is 3.20. The predicted octanol–water partition coefficient (Wildman–Crippen LogP) is 2.59. The molecule has 2 heterocycles. The second-order valence-electron chi connectivity index (χ2n) is 5.58. The minimum absolute atomic E-state index is 0.477. The van der Waals surface area contributed by atoms with Crippen LogP contribution in [-0.4, -0.2) is 45.8 Å². The molecule has 0 bridgehead atoms. The summed E-state index contributed by atoms with van der Waals surface area (Å²) < 4.78 is 7.72. The maximum Gasteiger partial charge on any atom is 0.0765 e. The molecule has 1 aromatic rings. The number of halogens is 1. The maximum atomic E-state index is 5.53. The number of rotatable bonds is 4. The zero-order chi connectivity index (χ0) is 13.1. The van der Waals surface area contributed by atoms with E-state index < -0.39 is 0 Å². The van der Waals surface area contributed by atoms with Crippen molar-refractivity contribution in [1.29, 1.82) is 0 Å². The third-order valence-electron chi connectivity index (χ3n) is 4.26. The van der Waals surface area contributed by atoms with Gasteiger partial charge in [-0.05, 0) is 18.9 Å². The second kappa shape index (κ2) is 6.37. The van der Waals surface area contributed by atoms with Crippen molar-refractivity contribution in [2.24, 2.45) is 0 Å². The van der Waals surface area contributed by atoms with Crippen LogP contribution in [-0.2, 0) is 11.3 Å². The summed E-state index contributed by atoms with van der Waals surface area (Å²) in [7, 11) is 0. The summed E-state index contributed by atoms with van der Waals surface area (Å²) in [5, 5.41) is 5.74. The molecule has 0 spiro atoms. The Morgan fingerprint density at radius 1 is 1.37 bits per heavy atom. The van der Waals surface area contributed by atoms with Crippen molar-refractivity contribution >= 4 is 15.9 Å². The van der Waals surface area contributed by atoms with Crippen molar-refractivity contribution in [2.45, 2.75) is 44.3 Å². The third-order valence-corrected chi connectivity index (χ3v) is 5.00. The standard InChI is InChI=1S/C14H22BrN3O/c15-9-14-11-19-8-7-17(14)10-12-5-6-18(16-12)13-3-1-2-4-13/h5-6,13-14H,1-4,7-11H2. The molecular formula is C14H22BrN3O. The normalized spacial score (nSPS) is 26.1. The zero-order valence-electron chi connectivity index (χ0n) is 11.3. The summed E-state index contributed by atoms with van der Waals surface area (Å²) in [5.74, 6) is 0. The van der Waals surface area contributed by atoms with E-state index in [0.29, 0.717) is 12.1 Å². The highest BCUT2D eigenvalue weighted by Gasteiger charge is 2.23. The van der Waals surface area contributed by atoms with Crippen LogP contribution in [0.1, 0.15) is 37.4 Å². The lowest BCUT2D eigenvalue weighted by Gasteiger charge is -2.33. The summed E-state index contributed by atoms with van der Waals surface area (Å²) in [6.45, 7) is 3.62. The molecule has 0 N–H and O–H groups in total. The molecule has 1 aliphatic carbocycles. The monoisotopic (exact) mass is 327 g/mol. The molecule has 5 heteroatoms. The highest BCUT2D eigenvalue weighted by Crippen LogP contribution is 2.28. The van der Waals surface area contributed by atoms with Gasteiger partial charge in [-0.25, -0.2) is 0 Å². The topological polar surface area (TPSA) is 30.3 Å². The van der Waals surface area contributed by atoms with Gasteiger partial charge in [-0.15, -0.1) is 0 Å². The Kier molecular flexibility index (Phi) is 4.56. The zero-order valence-corrected chi connectivity index (χ0v) is 12.9. The number of aromatic nitrogens is 2. The van der Waals surface area contributed by atoms with E-state index in [1.807, 2.05) is 0 Å². The van der Waals surface area contributed by atoms with Crippen molar-refractivity contribution in [3.63, 3.8) is 0 Å². The quantitative estimate of drug-likeness (QED) is 0.796. The van der Waals surface area contributed by atoms with E-state index >= 15 is 0 Å². The number of nitrogens with zero attached hydrogens (tertiary/aromatic N) is 3. The highest BCUT2D eigenvalue weighted by atomic mass is 79.9. The molecule has 0 radical (unpaired) electrons. The fourth-order valence-corrected chi connectivity index (χ4v) is 3.68. The van der Waals surface area contributed by atoms with Crippen LogP contribution < -0.4 is 0 Å². The molecule has 3 rings (SSSR count). The average molecular weight is 328 g/mol. The SMILES string of the molecule is BrCC1COCCN1Cc1ccn(C2CCCC2)n1. The van der Waals surface area contributed by atoms with Gasteiger partial charge in [0, 0.05) is 30.7 Å². The fraction of sp³-hybridized carbons (Fsp3) is 0.786. The first-order chi connectivity index (χ1) is 9.36. The van der Waals surface area contributed by atoms with E-state index in [9.17, 15) is 0 Å². The van der Waals surface area contributed by atoms with Gasteiger partial charge >= 0.3 is 0 Å². The van der Waals surface area contributed by atoms with Gasteiger partial charge in [0.25, 0.3) is 0 Å². The van der Waals surface area contributed by atoms with Crippen LogP contribution in [0.5, 0.6) is 0 Å². The summed E-state index contributed by atoms with van der Waals surface area (Å²) >= 11 is 3.58. The first-order valence-electron chi connectivity index (χ1n) is 7.28. The Bertz CT molecular complexity index is 403. The number of hydrogen-bond donors (Lipinski definition) is 0. The second-order valence-corrected chi connectivity index (χ2v) is 6.23. The maximum absolute atomic E-state index is 5.53. The fourth-order valence-electron chi connectivity index (χ4n) is 3.08. The Morgan fingerprint density at radius 3 is 3.00 bits per heavy atom. The first kappa shape index (κ1) is 13.6. The molecule has 1 atom stereocenters. The largest absolute Gasteiger partial charge is 0.378 e. The smallest absolute Gasteiger partial charge is 0.0765 e. The Hall–Kier alpha value is -0.390. The molecule has 1 saturated carbocycles. The van der Waals surface area contributed by atoms with Gasteiger partial charge in [-0.1, -0.05) is 28.8 Å². The van der Waals surface area contributed by atoms with Gasteiger partial charge in [0.2, 0.25) is 0 Å². The number of ether oxygens (including phenoxy) is 1. The first-order valence-corrected chi connectivity index (χ1v) is 8.41. The summed E-state index contributed by atoms with van der Waals surface area (Å²) in [6, 6.07) is 3.30. The van der Waals surface area contributed by atoms with E-state index in [2.05, 4.69) is 37.8 Å². The Morgan fingerprint density at radius 2 is 2.21 bits per heavy atom. The van der Waals surface area contributed by atoms with E-state index in [-0.39, 0.29) is 0 Å². The van der Waals surface area contributed by atoms with Gasteiger partial charge < -0.3 is 4.74 Å². The number of morpholine rings is 1. The van der Waals surface area contributed by atoms with Crippen LogP contribution in [0.3, 0.4) is 0 Å². The molecule has 19 heavy (non-hydrogen) atoms. The van der Waals surface area contributed by atoms with E-state index in [1.165, 1.54) is 31.4 Å². The average Bonchev–Trinajstić information content (AvgIpc) is 3.09. The molecule has 2 fully saturated rings. The molecule has 106 valence electrons. The minimum Gasteiger partial charge on any atom is -0.378 e. The number of alkyl halides is 1. The van der Waals surface area contributed by atoms with Gasteiger partial charge in [-0.3, -0.25) is 9.58 Å². The van der Waals surface area contributed by atoms with Crippen LogP contribution in [0.2, 0.25) is 0 Å². The van der Waals surface area contributed by atoms with Crippen LogP contribution in [0.15, 0.2) is 12.3 Å². The van der Waals surface area contributed by atoms with Crippen LogP contribution in [0.25, 0.3) is 0 Å². The molecule has 0 aromatic carbocycles. The minimum atomic E-state index is 0.477. The van der Waals surface area contributed by atoms with Crippen molar-refractivity contribution in [3.8, 4) is 0 Å². The lowest BCUT2D eigenvalue weighted by atomic mass is 10.2. The van der Waals surface area contributed by atoms with Gasteiger partial charge in [-0.2, -0.15) is 5.10 Å². The van der Waals surface area contributed by atoms with Crippen molar-refractivity contribution in [2.75, 3.05) is 25.1 Å². The van der Waals surface area contributed by atoms with Gasteiger partial charge in [0.05, 0.1) is 24.9 Å². The molecule has 1 aliphatic heterocycles. The van der Waals surface area contributed by atoms with Crippen LogP contribution >= 0.6 is 15.9 Å². The summed E-state index contributed by atoms with van der Waals surface area (Å²) in [6.07, 6.45) is 7.46. The molecule has 1 unspecified atom stereocenters. The van der Waals surface area contributed by atoms with E-state index in [0.717, 1.165) is 31.6 Å².